The molecule has 36 heavy (non-hydrogen) atoms. The normalized spacial score (nSPS) is 16.7. The van der Waals surface area contributed by atoms with Gasteiger partial charge in [-0.25, -0.2) is 5.43 Å². The van der Waals surface area contributed by atoms with Crippen molar-refractivity contribution in [1.29, 1.82) is 0 Å². The fourth-order valence-corrected chi connectivity index (χ4v) is 4.54. The van der Waals surface area contributed by atoms with Crippen LogP contribution in [0, 0.1) is 0 Å². The Morgan fingerprint density at radius 2 is 1.31 bits per heavy atom. The van der Waals surface area contributed by atoms with Crippen molar-refractivity contribution in [3.05, 3.63) is 59.1 Å². The van der Waals surface area contributed by atoms with E-state index >= 15 is 0 Å². The van der Waals surface area contributed by atoms with Crippen LogP contribution in [0.1, 0.15) is 44.1 Å². The Hall–Kier alpha value is -3.59. The molecule has 9 nitrogen and oxygen atoms in total. The first kappa shape index (κ1) is 24.1. The summed E-state index contributed by atoms with van der Waals surface area (Å²) in [4.78, 5) is 18.7. The lowest BCUT2D eigenvalue weighted by Crippen LogP contribution is -2.34. The van der Waals surface area contributed by atoms with Gasteiger partial charge in [0.1, 0.15) is 0 Å². The minimum atomic E-state index is 0.458. The average molecular weight is 504 g/mol. The quantitative estimate of drug-likeness (QED) is 0.229. The number of hydrogen-bond acceptors (Lipinski definition) is 9. The highest BCUT2D eigenvalue weighted by atomic mass is 35.5. The maximum atomic E-state index is 6.02. The number of rotatable bonds is 7. The van der Waals surface area contributed by atoms with E-state index in [-0.39, 0.29) is 0 Å². The Labute approximate surface area is 216 Å². The number of nitrogens with one attached hydrogen (secondary N) is 1. The lowest BCUT2D eigenvalue weighted by molar-refractivity contribution is 0.556. The molecule has 2 aliphatic heterocycles. The Morgan fingerprint density at radius 1 is 0.722 bits per heavy atom. The number of nitrogens with zero attached hydrogens (tertiary/aromatic N) is 8. The predicted molar refractivity (Wildman–Crippen MR) is 145 cm³/mol. The van der Waals surface area contributed by atoms with Gasteiger partial charge in [0, 0.05) is 31.2 Å². The smallest absolute Gasteiger partial charge is 0.250 e. The first-order chi connectivity index (χ1) is 17.7. The Bertz CT molecular complexity index is 1180. The number of hydrazone groups is 1. The van der Waals surface area contributed by atoms with Gasteiger partial charge in [-0.2, -0.15) is 30.3 Å². The molecule has 0 saturated carbocycles. The molecule has 1 aromatic heterocycles. The summed E-state index contributed by atoms with van der Waals surface area (Å²) in [6.07, 6.45) is 8.89. The third kappa shape index (κ3) is 6.54. The van der Waals surface area contributed by atoms with Crippen molar-refractivity contribution in [3.8, 4) is 0 Å². The van der Waals surface area contributed by atoms with E-state index in [0.717, 1.165) is 75.0 Å². The Morgan fingerprint density at radius 3 is 1.92 bits per heavy atom. The molecular weight excluding hydrogens is 474 g/mol. The van der Waals surface area contributed by atoms with Crippen LogP contribution in [-0.2, 0) is 0 Å². The van der Waals surface area contributed by atoms with Gasteiger partial charge in [-0.05, 0) is 74.4 Å². The van der Waals surface area contributed by atoms with Gasteiger partial charge in [-0.1, -0.05) is 29.8 Å². The van der Waals surface area contributed by atoms with Crippen molar-refractivity contribution < 1.29 is 0 Å². The van der Waals surface area contributed by atoms with Gasteiger partial charge in [0.15, 0.2) is 0 Å². The summed E-state index contributed by atoms with van der Waals surface area (Å²) in [7, 11) is 0. The van der Waals surface area contributed by atoms with Crippen LogP contribution >= 0.6 is 11.6 Å². The minimum Gasteiger partial charge on any atom is -0.341 e. The van der Waals surface area contributed by atoms with Gasteiger partial charge in [0.05, 0.1) is 17.6 Å². The summed E-state index contributed by atoms with van der Waals surface area (Å²) in [5, 5.41) is 13.6. The standard InChI is InChI=1S/C26H30ClN9/c27-21-10-8-12-23(18-21)33-32-22-11-7-9-20(17-22)19-28-34-24-29-25(35-13-3-1-4-14-35)31-26(30-24)36-15-5-2-6-16-36/h7-12,17-19H,1-6,13-16H2,(H,29,30,31,34). The molecule has 0 spiro atoms. The number of piperidine rings is 2. The van der Waals surface area contributed by atoms with E-state index in [9.17, 15) is 0 Å². The van der Waals surface area contributed by atoms with Crippen LogP contribution in [0.3, 0.4) is 0 Å². The average Bonchev–Trinajstić information content (AvgIpc) is 2.93. The van der Waals surface area contributed by atoms with Crippen LogP contribution < -0.4 is 15.2 Å². The van der Waals surface area contributed by atoms with Crippen molar-refractivity contribution in [1.82, 2.24) is 15.0 Å². The predicted octanol–water partition coefficient (Wildman–Crippen LogP) is 6.37. The molecule has 0 amide bonds. The number of halogens is 1. The lowest BCUT2D eigenvalue weighted by atomic mass is 10.1. The topological polar surface area (TPSA) is 94.3 Å². The summed E-state index contributed by atoms with van der Waals surface area (Å²) in [6, 6.07) is 14.9. The van der Waals surface area contributed by atoms with Gasteiger partial charge < -0.3 is 9.80 Å². The number of anilines is 3. The summed E-state index contributed by atoms with van der Waals surface area (Å²) in [5.74, 6) is 1.91. The second kappa shape index (κ2) is 11.9. The fraction of sp³-hybridized carbons (Fsp3) is 0.385. The van der Waals surface area contributed by atoms with Crippen LogP contribution in [0.2, 0.25) is 5.02 Å². The monoisotopic (exact) mass is 503 g/mol. The molecular formula is C26H30ClN9. The van der Waals surface area contributed by atoms with E-state index in [1.807, 2.05) is 42.5 Å². The lowest BCUT2D eigenvalue weighted by Gasteiger charge is -2.30. The molecule has 5 rings (SSSR count). The van der Waals surface area contributed by atoms with E-state index in [1.165, 1.54) is 12.8 Å². The number of hydrogen-bond donors (Lipinski definition) is 1. The van der Waals surface area contributed by atoms with Gasteiger partial charge in [-0.3, -0.25) is 0 Å². The Kier molecular flexibility index (Phi) is 7.97. The fourth-order valence-electron chi connectivity index (χ4n) is 4.36. The van der Waals surface area contributed by atoms with E-state index < -0.39 is 0 Å². The first-order valence-corrected chi connectivity index (χ1v) is 12.9. The molecule has 0 unspecified atom stereocenters. The number of aromatic nitrogens is 3. The van der Waals surface area contributed by atoms with E-state index in [4.69, 9.17) is 16.6 Å². The second-order valence-electron chi connectivity index (χ2n) is 9.00. The highest BCUT2D eigenvalue weighted by Gasteiger charge is 2.20. The molecule has 0 atom stereocenters. The van der Waals surface area contributed by atoms with Crippen molar-refractivity contribution in [2.24, 2.45) is 15.3 Å². The van der Waals surface area contributed by atoms with Crippen LogP contribution in [0.4, 0.5) is 29.2 Å². The van der Waals surface area contributed by atoms with E-state index in [2.05, 4.69) is 40.5 Å². The summed E-state index contributed by atoms with van der Waals surface area (Å²) < 4.78 is 0. The highest BCUT2D eigenvalue weighted by Crippen LogP contribution is 2.23. The highest BCUT2D eigenvalue weighted by molar-refractivity contribution is 6.30. The third-order valence-corrected chi connectivity index (χ3v) is 6.46. The molecule has 10 heteroatoms. The maximum Gasteiger partial charge on any atom is 0.250 e. The minimum absolute atomic E-state index is 0.458. The molecule has 3 aromatic rings. The van der Waals surface area contributed by atoms with Crippen LogP contribution in [0.15, 0.2) is 63.9 Å². The van der Waals surface area contributed by atoms with Gasteiger partial charge in [-0.15, -0.1) is 0 Å². The van der Waals surface area contributed by atoms with Crippen LogP contribution in [0.5, 0.6) is 0 Å². The zero-order valence-corrected chi connectivity index (χ0v) is 21.0. The van der Waals surface area contributed by atoms with Crippen LogP contribution in [-0.4, -0.2) is 47.3 Å². The van der Waals surface area contributed by atoms with Gasteiger partial charge in [0.25, 0.3) is 0 Å². The molecule has 2 aliphatic rings. The molecule has 3 heterocycles. The molecule has 2 fully saturated rings. The number of azo groups is 1. The summed E-state index contributed by atoms with van der Waals surface area (Å²) >= 11 is 6.02. The van der Waals surface area contributed by atoms with Gasteiger partial charge in [0.2, 0.25) is 17.8 Å². The second-order valence-corrected chi connectivity index (χ2v) is 9.44. The molecule has 2 aromatic carbocycles. The molecule has 2 saturated heterocycles. The van der Waals surface area contributed by atoms with Crippen molar-refractivity contribution >= 4 is 47.0 Å². The largest absolute Gasteiger partial charge is 0.341 e. The molecule has 1 N–H and O–H groups in total. The first-order valence-electron chi connectivity index (χ1n) is 12.6. The molecule has 0 radical (unpaired) electrons. The zero-order chi connectivity index (χ0) is 24.6. The van der Waals surface area contributed by atoms with Crippen molar-refractivity contribution in [2.75, 3.05) is 41.4 Å². The Balaban J connectivity index is 1.30. The third-order valence-electron chi connectivity index (χ3n) is 6.23. The van der Waals surface area contributed by atoms with E-state index in [0.29, 0.717) is 16.7 Å². The van der Waals surface area contributed by atoms with Crippen molar-refractivity contribution in [3.63, 3.8) is 0 Å². The van der Waals surface area contributed by atoms with Crippen molar-refractivity contribution in [2.45, 2.75) is 38.5 Å². The number of benzene rings is 2. The summed E-state index contributed by atoms with van der Waals surface area (Å²) in [5.41, 5.74) is 5.32. The maximum absolute atomic E-state index is 6.02. The van der Waals surface area contributed by atoms with E-state index in [1.54, 1.807) is 12.3 Å². The van der Waals surface area contributed by atoms with Gasteiger partial charge >= 0.3 is 0 Å². The summed E-state index contributed by atoms with van der Waals surface area (Å²) in [6.45, 7) is 3.90. The zero-order valence-electron chi connectivity index (χ0n) is 20.2. The SMILES string of the molecule is Clc1cccc(N=Nc2cccc(C=NNc3nc(N4CCCCC4)nc(N4CCCCC4)n3)c2)c1. The molecule has 186 valence electrons. The molecule has 0 bridgehead atoms. The van der Waals surface area contributed by atoms with Crippen LogP contribution in [0.25, 0.3) is 0 Å². The molecule has 0 aliphatic carbocycles.